The fourth-order valence-corrected chi connectivity index (χ4v) is 4.98. The van der Waals surface area contributed by atoms with Crippen LogP contribution in [0, 0.1) is 11.8 Å². The predicted octanol–water partition coefficient (Wildman–Crippen LogP) is 5.36. The number of hydrogen-bond acceptors (Lipinski definition) is 5. The highest BCUT2D eigenvalue weighted by molar-refractivity contribution is 8.01. The van der Waals surface area contributed by atoms with Crippen LogP contribution in [0.2, 0.25) is 0 Å². The number of nitrogens with zero attached hydrogens (tertiary/aromatic N) is 2. The van der Waals surface area contributed by atoms with Crippen LogP contribution in [-0.2, 0) is 4.79 Å². The average Bonchev–Trinajstić information content (AvgIpc) is 3.00. The Bertz CT molecular complexity index is 484. The van der Waals surface area contributed by atoms with Crippen LogP contribution < -0.4 is 5.32 Å². The van der Waals surface area contributed by atoms with Crippen LogP contribution in [0.3, 0.4) is 0 Å². The summed E-state index contributed by atoms with van der Waals surface area (Å²) in [4.78, 5) is 12.4. The molecular formula is C17H29N3OS2. The van der Waals surface area contributed by atoms with Crippen LogP contribution in [0.15, 0.2) is 4.34 Å². The van der Waals surface area contributed by atoms with E-state index in [0.717, 1.165) is 29.5 Å². The SMILES string of the molecule is CCCCC1CCC(C(=O)Nc2nnc(S[C@H](C)CC)s2)CC1. The second-order valence-corrected chi connectivity index (χ2v) is 9.22. The number of thioether (sulfide) groups is 1. The number of carbonyl (C=O) groups is 1. The molecule has 6 heteroatoms. The lowest BCUT2D eigenvalue weighted by Crippen LogP contribution is -2.27. The molecule has 1 aliphatic rings. The molecule has 1 aliphatic carbocycles. The molecule has 1 N–H and O–H groups in total. The number of hydrogen-bond donors (Lipinski definition) is 1. The van der Waals surface area contributed by atoms with Gasteiger partial charge in [-0.15, -0.1) is 10.2 Å². The van der Waals surface area contributed by atoms with E-state index in [1.54, 1.807) is 11.8 Å². The van der Waals surface area contributed by atoms with E-state index in [1.807, 2.05) is 0 Å². The molecule has 1 fully saturated rings. The molecule has 0 aliphatic heterocycles. The molecule has 1 aromatic heterocycles. The van der Waals surface area contributed by atoms with Crippen LogP contribution in [0.5, 0.6) is 0 Å². The number of anilines is 1. The van der Waals surface area contributed by atoms with Gasteiger partial charge in [-0.2, -0.15) is 0 Å². The summed E-state index contributed by atoms with van der Waals surface area (Å²) in [5.41, 5.74) is 0. The maximum atomic E-state index is 12.4. The van der Waals surface area contributed by atoms with E-state index < -0.39 is 0 Å². The molecule has 1 atom stereocenters. The monoisotopic (exact) mass is 355 g/mol. The summed E-state index contributed by atoms with van der Waals surface area (Å²) < 4.78 is 0.943. The van der Waals surface area contributed by atoms with Gasteiger partial charge < -0.3 is 5.32 Å². The lowest BCUT2D eigenvalue weighted by Gasteiger charge is -2.27. The average molecular weight is 356 g/mol. The highest BCUT2D eigenvalue weighted by atomic mass is 32.2. The Morgan fingerprint density at radius 1 is 1.30 bits per heavy atom. The Kier molecular flexibility index (Phi) is 7.83. The van der Waals surface area contributed by atoms with Crippen molar-refractivity contribution in [3.63, 3.8) is 0 Å². The van der Waals surface area contributed by atoms with Crippen molar-refractivity contribution in [1.29, 1.82) is 0 Å². The largest absolute Gasteiger partial charge is 0.300 e. The van der Waals surface area contributed by atoms with Crippen molar-refractivity contribution in [2.75, 3.05) is 5.32 Å². The zero-order chi connectivity index (χ0) is 16.7. The summed E-state index contributed by atoms with van der Waals surface area (Å²) in [6.45, 7) is 6.59. The highest BCUT2D eigenvalue weighted by Crippen LogP contribution is 2.34. The van der Waals surface area contributed by atoms with Crippen molar-refractivity contribution >= 4 is 34.1 Å². The van der Waals surface area contributed by atoms with Gasteiger partial charge in [0.25, 0.3) is 0 Å². The van der Waals surface area contributed by atoms with Crippen LogP contribution in [0.4, 0.5) is 5.13 Å². The van der Waals surface area contributed by atoms with Gasteiger partial charge in [0.15, 0.2) is 4.34 Å². The van der Waals surface area contributed by atoms with Crippen molar-refractivity contribution < 1.29 is 4.79 Å². The molecule has 0 radical (unpaired) electrons. The summed E-state index contributed by atoms with van der Waals surface area (Å²) in [6.07, 6.45) is 9.47. The van der Waals surface area contributed by atoms with Gasteiger partial charge in [0.2, 0.25) is 11.0 Å². The van der Waals surface area contributed by atoms with Gasteiger partial charge in [-0.05, 0) is 38.0 Å². The standard InChI is InChI=1S/C17H29N3OS2/c1-4-6-7-13-8-10-14(11-9-13)15(21)18-16-19-20-17(23-16)22-12(3)5-2/h12-14H,4-11H2,1-3H3,(H,18,19,21)/t12-,13?,14?/m1/s1. The van der Waals surface area contributed by atoms with E-state index in [2.05, 4.69) is 36.3 Å². The molecule has 1 saturated carbocycles. The first-order valence-electron chi connectivity index (χ1n) is 8.93. The Hall–Kier alpha value is -0.620. The predicted molar refractivity (Wildman–Crippen MR) is 99.1 cm³/mol. The molecule has 4 nitrogen and oxygen atoms in total. The number of aromatic nitrogens is 2. The first-order valence-corrected chi connectivity index (χ1v) is 10.6. The molecule has 1 heterocycles. The smallest absolute Gasteiger partial charge is 0.229 e. The lowest BCUT2D eigenvalue weighted by atomic mass is 9.79. The Morgan fingerprint density at radius 3 is 2.70 bits per heavy atom. The second kappa shape index (κ2) is 9.62. The van der Waals surface area contributed by atoms with E-state index in [1.165, 1.54) is 43.4 Å². The third-order valence-corrected chi connectivity index (χ3v) is 6.89. The zero-order valence-electron chi connectivity index (χ0n) is 14.5. The van der Waals surface area contributed by atoms with Gasteiger partial charge in [0.05, 0.1) is 0 Å². The maximum Gasteiger partial charge on any atom is 0.229 e. The number of amides is 1. The minimum absolute atomic E-state index is 0.134. The number of unbranched alkanes of at least 4 members (excludes halogenated alkanes) is 1. The molecule has 0 aromatic carbocycles. The zero-order valence-corrected chi connectivity index (χ0v) is 16.1. The Morgan fingerprint density at radius 2 is 2.04 bits per heavy atom. The van der Waals surface area contributed by atoms with Gasteiger partial charge >= 0.3 is 0 Å². The summed E-state index contributed by atoms with van der Waals surface area (Å²) in [5, 5.41) is 12.4. The summed E-state index contributed by atoms with van der Waals surface area (Å²) >= 11 is 3.22. The lowest BCUT2D eigenvalue weighted by molar-refractivity contribution is -0.121. The molecule has 0 bridgehead atoms. The summed E-state index contributed by atoms with van der Waals surface area (Å²) in [6, 6.07) is 0. The fraction of sp³-hybridized carbons (Fsp3) is 0.824. The molecule has 23 heavy (non-hydrogen) atoms. The first-order chi connectivity index (χ1) is 11.1. The number of carbonyl (C=O) groups excluding carboxylic acids is 1. The third kappa shape index (κ3) is 6.07. The molecule has 2 rings (SSSR count). The van der Waals surface area contributed by atoms with E-state index in [4.69, 9.17) is 0 Å². The fourth-order valence-electron chi connectivity index (χ4n) is 2.98. The summed E-state index contributed by atoms with van der Waals surface area (Å²) in [7, 11) is 0. The second-order valence-electron chi connectivity index (χ2n) is 6.56. The Labute approximate surface area is 148 Å². The minimum Gasteiger partial charge on any atom is -0.300 e. The van der Waals surface area contributed by atoms with E-state index in [9.17, 15) is 4.79 Å². The normalized spacial score (nSPS) is 22.7. The molecule has 1 aromatic rings. The molecule has 130 valence electrons. The summed E-state index contributed by atoms with van der Waals surface area (Å²) in [5.74, 6) is 1.12. The van der Waals surface area contributed by atoms with Gasteiger partial charge in [0.1, 0.15) is 0 Å². The van der Waals surface area contributed by atoms with Crippen molar-refractivity contribution in [2.45, 2.75) is 81.7 Å². The van der Waals surface area contributed by atoms with E-state index >= 15 is 0 Å². The van der Waals surface area contributed by atoms with E-state index in [-0.39, 0.29) is 11.8 Å². The van der Waals surface area contributed by atoms with E-state index in [0.29, 0.717) is 10.4 Å². The van der Waals surface area contributed by atoms with Gasteiger partial charge in [-0.1, -0.05) is 63.1 Å². The maximum absolute atomic E-state index is 12.4. The van der Waals surface area contributed by atoms with Crippen LogP contribution >= 0.6 is 23.1 Å². The minimum atomic E-state index is 0.134. The van der Waals surface area contributed by atoms with Crippen molar-refractivity contribution in [3.05, 3.63) is 0 Å². The van der Waals surface area contributed by atoms with Gasteiger partial charge in [-0.3, -0.25) is 4.79 Å². The van der Waals surface area contributed by atoms with Crippen LogP contribution in [0.25, 0.3) is 0 Å². The van der Waals surface area contributed by atoms with Gasteiger partial charge in [0, 0.05) is 11.2 Å². The first kappa shape index (κ1) is 18.7. The third-order valence-electron chi connectivity index (χ3n) is 4.70. The molecular weight excluding hydrogens is 326 g/mol. The van der Waals surface area contributed by atoms with Crippen LogP contribution in [0.1, 0.15) is 72.1 Å². The number of nitrogens with one attached hydrogen (secondary N) is 1. The quantitative estimate of drug-likeness (QED) is 0.503. The highest BCUT2D eigenvalue weighted by Gasteiger charge is 2.26. The molecule has 0 saturated heterocycles. The van der Waals surface area contributed by atoms with Crippen molar-refractivity contribution in [3.8, 4) is 0 Å². The topological polar surface area (TPSA) is 54.9 Å². The molecule has 1 amide bonds. The van der Waals surface area contributed by atoms with Crippen molar-refractivity contribution in [2.24, 2.45) is 11.8 Å². The van der Waals surface area contributed by atoms with Crippen LogP contribution in [-0.4, -0.2) is 21.4 Å². The number of rotatable bonds is 8. The Balaban J connectivity index is 1.77. The van der Waals surface area contributed by atoms with Gasteiger partial charge in [-0.25, -0.2) is 0 Å². The van der Waals surface area contributed by atoms with Crippen molar-refractivity contribution in [1.82, 2.24) is 10.2 Å². The molecule has 0 unspecified atom stereocenters. The molecule has 0 spiro atoms.